The summed E-state index contributed by atoms with van der Waals surface area (Å²) in [5, 5.41) is 16.6. The van der Waals surface area contributed by atoms with Crippen molar-refractivity contribution in [3.8, 4) is 0 Å². The van der Waals surface area contributed by atoms with Crippen LogP contribution in [0.3, 0.4) is 0 Å². The molecule has 0 amide bonds. The van der Waals surface area contributed by atoms with Crippen LogP contribution in [0.15, 0.2) is 36.9 Å². The van der Waals surface area contributed by atoms with Gasteiger partial charge in [0.05, 0.1) is 18.6 Å². The number of nitrogens with zero attached hydrogens (tertiary/aromatic N) is 3. The van der Waals surface area contributed by atoms with Gasteiger partial charge in [0.25, 0.3) is 0 Å². The molecule has 0 bridgehead atoms. The number of carbonyl (C=O) groups excluding carboxylic acids is 1. The Morgan fingerprint density at radius 2 is 2.15 bits per heavy atom. The summed E-state index contributed by atoms with van der Waals surface area (Å²) >= 11 is 5.99. The first-order valence-corrected chi connectivity index (χ1v) is 9.73. The number of hydrogen-bond acceptors (Lipinski definition) is 5. The van der Waals surface area contributed by atoms with Crippen molar-refractivity contribution in [2.75, 3.05) is 6.61 Å². The summed E-state index contributed by atoms with van der Waals surface area (Å²) in [6.07, 6.45) is 5.69. The molecule has 1 aliphatic rings. The van der Waals surface area contributed by atoms with Crippen molar-refractivity contribution < 1.29 is 14.6 Å². The van der Waals surface area contributed by atoms with Gasteiger partial charge in [0.1, 0.15) is 18.3 Å². The third-order valence-electron chi connectivity index (χ3n) is 5.78. The Morgan fingerprint density at radius 3 is 2.78 bits per heavy atom. The van der Waals surface area contributed by atoms with Gasteiger partial charge < -0.3 is 9.84 Å². The standard InChI is InChI=1S/C20H26ClN3O3/c1-3-10-27-18(25)19(2)9-8-16(11-15-4-6-17(21)7-5-15)20(19,26)12-24-14-22-13-23-24/h4-7,13-14,16,26H,3,8-12H2,1-2H3. The second-order valence-corrected chi connectivity index (χ2v) is 7.99. The number of carbonyl (C=O) groups is 1. The fourth-order valence-corrected chi connectivity index (χ4v) is 4.17. The summed E-state index contributed by atoms with van der Waals surface area (Å²) in [5.41, 5.74) is -1.20. The third-order valence-corrected chi connectivity index (χ3v) is 6.03. The monoisotopic (exact) mass is 391 g/mol. The van der Waals surface area contributed by atoms with Crippen LogP contribution in [-0.2, 0) is 22.5 Å². The molecule has 0 radical (unpaired) electrons. The van der Waals surface area contributed by atoms with Gasteiger partial charge >= 0.3 is 5.97 Å². The minimum absolute atomic E-state index is 0.109. The lowest BCUT2D eigenvalue weighted by atomic mass is 9.71. The molecule has 1 saturated carbocycles. The maximum Gasteiger partial charge on any atom is 0.314 e. The minimum Gasteiger partial charge on any atom is -0.465 e. The van der Waals surface area contributed by atoms with E-state index in [-0.39, 0.29) is 18.4 Å². The number of rotatable bonds is 7. The molecule has 146 valence electrons. The molecule has 1 aliphatic carbocycles. The van der Waals surface area contributed by atoms with Gasteiger partial charge in [-0.15, -0.1) is 0 Å². The van der Waals surface area contributed by atoms with Crippen molar-refractivity contribution in [2.45, 2.75) is 51.7 Å². The normalized spacial score (nSPS) is 27.6. The summed E-state index contributed by atoms with van der Waals surface area (Å²) in [6, 6.07) is 7.61. The molecule has 1 aromatic heterocycles. The highest BCUT2D eigenvalue weighted by atomic mass is 35.5. The van der Waals surface area contributed by atoms with Gasteiger partial charge in [0, 0.05) is 5.02 Å². The van der Waals surface area contributed by atoms with E-state index in [1.54, 1.807) is 11.0 Å². The first kappa shape index (κ1) is 19.8. The molecular formula is C20H26ClN3O3. The molecule has 3 atom stereocenters. The number of halogens is 1. The zero-order valence-electron chi connectivity index (χ0n) is 15.8. The van der Waals surface area contributed by atoms with Crippen LogP contribution in [0.1, 0.15) is 38.7 Å². The molecule has 1 N–H and O–H groups in total. The summed E-state index contributed by atoms with van der Waals surface area (Å²) < 4.78 is 7.03. The summed E-state index contributed by atoms with van der Waals surface area (Å²) in [7, 11) is 0. The van der Waals surface area contributed by atoms with Gasteiger partial charge in [0.2, 0.25) is 0 Å². The Morgan fingerprint density at radius 1 is 1.41 bits per heavy atom. The SMILES string of the molecule is CCCOC(=O)C1(C)CCC(Cc2ccc(Cl)cc2)C1(O)Cn1cncn1. The molecule has 1 heterocycles. The first-order chi connectivity index (χ1) is 12.9. The van der Waals surface area contributed by atoms with Crippen LogP contribution in [0.25, 0.3) is 0 Å². The number of aliphatic hydroxyl groups is 1. The third kappa shape index (κ3) is 3.87. The number of aromatic nitrogens is 3. The molecule has 0 saturated heterocycles. The predicted molar refractivity (Wildman–Crippen MR) is 102 cm³/mol. The van der Waals surface area contributed by atoms with E-state index < -0.39 is 11.0 Å². The van der Waals surface area contributed by atoms with Crippen molar-refractivity contribution in [1.82, 2.24) is 14.8 Å². The summed E-state index contributed by atoms with van der Waals surface area (Å²) in [6.45, 7) is 4.32. The molecule has 0 aliphatic heterocycles. The van der Waals surface area contributed by atoms with E-state index in [0.29, 0.717) is 24.5 Å². The number of benzene rings is 1. The van der Waals surface area contributed by atoms with Crippen LogP contribution >= 0.6 is 11.6 Å². The fraction of sp³-hybridized carbons (Fsp3) is 0.550. The highest BCUT2D eigenvalue weighted by molar-refractivity contribution is 6.30. The lowest BCUT2D eigenvalue weighted by Gasteiger charge is -2.41. The van der Waals surface area contributed by atoms with E-state index in [2.05, 4.69) is 10.1 Å². The van der Waals surface area contributed by atoms with E-state index in [4.69, 9.17) is 16.3 Å². The zero-order valence-corrected chi connectivity index (χ0v) is 16.5. The van der Waals surface area contributed by atoms with Crippen LogP contribution in [0.5, 0.6) is 0 Å². The van der Waals surface area contributed by atoms with E-state index in [1.165, 1.54) is 6.33 Å². The highest BCUT2D eigenvalue weighted by Crippen LogP contribution is 2.52. The zero-order chi connectivity index (χ0) is 19.5. The number of esters is 1. The smallest absolute Gasteiger partial charge is 0.314 e. The Labute approximate surface area is 164 Å². The van der Waals surface area contributed by atoms with Gasteiger partial charge in [-0.2, -0.15) is 5.10 Å². The number of hydrogen-bond donors (Lipinski definition) is 1. The van der Waals surface area contributed by atoms with E-state index in [9.17, 15) is 9.90 Å². The summed E-state index contributed by atoms with van der Waals surface area (Å²) in [4.78, 5) is 16.8. The largest absolute Gasteiger partial charge is 0.465 e. The maximum atomic E-state index is 12.9. The lowest BCUT2D eigenvalue weighted by Crippen LogP contribution is -2.55. The first-order valence-electron chi connectivity index (χ1n) is 9.35. The predicted octanol–water partition coefficient (Wildman–Crippen LogP) is 3.27. The second-order valence-electron chi connectivity index (χ2n) is 7.55. The second kappa shape index (κ2) is 7.98. The molecule has 2 aromatic rings. The van der Waals surface area contributed by atoms with Gasteiger partial charge in [-0.05, 0) is 56.2 Å². The van der Waals surface area contributed by atoms with Crippen molar-refractivity contribution in [2.24, 2.45) is 11.3 Å². The van der Waals surface area contributed by atoms with Crippen LogP contribution in [0.2, 0.25) is 5.02 Å². The Balaban J connectivity index is 1.90. The molecule has 27 heavy (non-hydrogen) atoms. The molecular weight excluding hydrogens is 366 g/mol. The van der Waals surface area contributed by atoms with Crippen LogP contribution < -0.4 is 0 Å². The topological polar surface area (TPSA) is 77.2 Å². The average Bonchev–Trinajstić information content (AvgIpc) is 3.24. The van der Waals surface area contributed by atoms with E-state index >= 15 is 0 Å². The number of ether oxygens (including phenoxy) is 1. The molecule has 7 heteroatoms. The Bertz CT molecular complexity index is 765. The van der Waals surface area contributed by atoms with Gasteiger partial charge in [-0.1, -0.05) is 30.7 Å². The van der Waals surface area contributed by atoms with Gasteiger partial charge in [0.15, 0.2) is 0 Å². The van der Waals surface area contributed by atoms with Crippen LogP contribution in [0.4, 0.5) is 0 Å². The molecule has 3 unspecified atom stereocenters. The van der Waals surface area contributed by atoms with E-state index in [0.717, 1.165) is 18.4 Å². The minimum atomic E-state index is -1.29. The lowest BCUT2D eigenvalue weighted by molar-refractivity contribution is -0.176. The fourth-order valence-electron chi connectivity index (χ4n) is 4.04. The average molecular weight is 392 g/mol. The maximum absolute atomic E-state index is 12.9. The van der Waals surface area contributed by atoms with E-state index in [1.807, 2.05) is 38.1 Å². The Kier molecular flexibility index (Phi) is 5.86. The molecule has 1 fully saturated rings. The Hall–Kier alpha value is -1.92. The van der Waals surface area contributed by atoms with Crippen LogP contribution in [-0.4, -0.2) is 38.0 Å². The molecule has 6 nitrogen and oxygen atoms in total. The highest BCUT2D eigenvalue weighted by Gasteiger charge is 2.61. The quantitative estimate of drug-likeness (QED) is 0.733. The molecule has 3 rings (SSSR count). The van der Waals surface area contributed by atoms with Crippen LogP contribution in [0, 0.1) is 11.3 Å². The molecule has 1 aromatic carbocycles. The van der Waals surface area contributed by atoms with Gasteiger partial charge in [-0.25, -0.2) is 4.98 Å². The van der Waals surface area contributed by atoms with Gasteiger partial charge in [-0.3, -0.25) is 9.48 Å². The van der Waals surface area contributed by atoms with Crippen molar-refractivity contribution in [1.29, 1.82) is 0 Å². The summed E-state index contributed by atoms with van der Waals surface area (Å²) in [5.74, 6) is -0.451. The van der Waals surface area contributed by atoms with Crippen molar-refractivity contribution >= 4 is 17.6 Å². The molecule has 0 spiro atoms. The van der Waals surface area contributed by atoms with Crippen molar-refractivity contribution in [3.63, 3.8) is 0 Å². The van der Waals surface area contributed by atoms with Crippen molar-refractivity contribution in [3.05, 3.63) is 47.5 Å².